The van der Waals surface area contributed by atoms with Crippen LogP contribution in [-0.4, -0.2) is 12.6 Å². The summed E-state index contributed by atoms with van der Waals surface area (Å²) in [4.78, 5) is 0. The number of hydrogen-bond acceptors (Lipinski definition) is 1. The van der Waals surface area contributed by atoms with Crippen molar-refractivity contribution in [3.05, 3.63) is 0 Å². The van der Waals surface area contributed by atoms with Crippen LogP contribution in [0.3, 0.4) is 0 Å². The lowest BCUT2D eigenvalue weighted by Crippen LogP contribution is -2.50. The van der Waals surface area contributed by atoms with Gasteiger partial charge in [-0.1, -0.05) is 20.8 Å². The van der Waals surface area contributed by atoms with E-state index in [1.165, 1.54) is 13.0 Å². The SMILES string of the molecule is CC(C)(C)C1CCN1. The first-order chi connectivity index (χ1) is 3.61. The minimum absolute atomic E-state index is 0.484. The predicted octanol–water partition coefficient (Wildman–Crippen LogP) is 1.39. The molecule has 1 rings (SSSR count). The molecule has 0 aromatic carbocycles. The molecule has 0 aromatic heterocycles. The quantitative estimate of drug-likeness (QED) is 0.500. The summed E-state index contributed by atoms with van der Waals surface area (Å²) >= 11 is 0. The van der Waals surface area contributed by atoms with Gasteiger partial charge in [-0.15, -0.1) is 0 Å². The molecule has 0 aliphatic carbocycles. The van der Waals surface area contributed by atoms with Crippen LogP contribution in [0.25, 0.3) is 0 Å². The van der Waals surface area contributed by atoms with E-state index in [4.69, 9.17) is 0 Å². The van der Waals surface area contributed by atoms with E-state index >= 15 is 0 Å². The molecular formula is C7H15N. The van der Waals surface area contributed by atoms with Gasteiger partial charge in [0, 0.05) is 6.04 Å². The minimum Gasteiger partial charge on any atom is -0.313 e. The highest BCUT2D eigenvalue weighted by Gasteiger charge is 2.28. The fourth-order valence-corrected chi connectivity index (χ4v) is 1.03. The van der Waals surface area contributed by atoms with Gasteiger partial charge < -0.3 is 5.32 Å². The molecule has 1 nitrogen and oxygen atoms in total. The van der Waals surface area contributed by atoms with Crippen LogP contribution >= 0.6 is 0 Å². The Morgan fingerprint density at radius 2 is 1.88 bits per heavy atom. The molecule has 1 saturated heterocycles. The molecule has 0 aromatic rings. The third-order valence-corrected chi connectivity index (χ3v) is 1.87. The summed E-state index contributed by atoms with van der Waals surface area (Å²) in [5.41, 5.74) is 0.484. The smallest absolute Gasteiger partial charge is 0.0128 e. The van der Waals surface area contributed by atoms with Crippen LogP contribution in [0.1, 0.15) is 27.2 Å². The van der Waals surface area contributed by atoms with E-state index in [1.54, 1.807) is 0 Å². The second-order valence-electron chi connectivity index (χ2n) is 3.66. The zero-order valence-corrected chi connectivity index (χ0v) is 5.99. The van der Waals surface area contributed by atoms with Crippen molar-refractivity contribution in [2.75, 3.05) is 6.54 Å². The summed E-state index contributed by atoms with van der Waals surface area (Å²) in [6.45, 7) is 8.07. The molecule has 1 atom stereocenters. The lowest BCUT2D eigenvalue weighted by Gasteiger charge is -2.38. The van der Waals surface area contributed by atoms with Crippen molar-refractivity contribution in [3.63, 3.8) is 0 Å². The van der Waals surface area contributed by atoms with Gasteiger partial charge in [-0.25, -0.2) is 0 Å². The van der Waals surface area contributed by atoms with E-state index in [0.29, 0.717) is 5.41 Å². The monoisotopic (exact) mass is 113 g/mol. The van der Waals surface area contributed by atoms with Gasteiger partial charge in [0.2, 0.25) is 0 Å². The molecule has 1 N–H and O–H groups in total. The Morgan fingerprint density at radius 3 is 1.88 bits per heavy atom. The molecule has 0 radical (unpaired) electrons. The molecule has 1 fully saturated rings. The Balaban J connectivity index is 2.34. The normalized spacial score (nSPS) is 29.6. The molecule has 48 valence electrons. The molecule has 0 bridgehead atoms. The molecule has 8 heavy (non-hydrogen) atoms. The van der Waals surface area contributed by atoms with Crippen molar-refractivity contribution in [2.24, 2.45) is 5.41 Å². The Bertz CT molecular complexity index is 76.9. The second-order valence-corrected chi connectivity index (χ2v) is 3.66. The zero-order chi connectivity index (χ0) is 6.20. The average molecular weight is 113 g/mol. The average Bonchev–Trinajstić information content (AvgIpc) is 1.16. The third kappa shape index (κ3) is 1.03. The lowest BCUT2D eigenvalue weighted by atomic mass is 9.81. The molecule has 1 heterocycles. The lowest BCUT2D eigenvalue weighted by molar-refractivity contribution is 0.193. The maximum Gasteiger partial charge on any atom is 0.0128 e. The Labute approximate surface area is 51.5 Å². The maximum absolute atomic E-state index is 3.39. The van der Waals surface area contributed by atoms with E-state index in [-0.39, 0.29) is 0 Å². The second kappa shape index (κ2) is 1.73. The molecule has 1 heteroatoms. The van der Waals surface area contributed by atoms with E-state index in [0.717, 1.165) is 6.04 Å². The van der Waals surface area contributed by atoms with Crippen LogP contribution in [0.4, 0.5) is 0 Å². The highest BCUT2D eigenvalue weighted by Crippen LogP contribution is 2.25. The fraction of sp³-hybridized carbons (Fsp3) is 1.00. The highest BCUT2D eigenvalue weighted by atomic mass is 15.0. The largest absolute Gasteiger partial charge is 0.313 e. The van der Waals surface area contributed by atoms with Crippen molar-refractivity contribution < 1.29 is 0 Å². The summed E-state index contributed by atoms with van der Waals surface area (Å²) in [6.07, 6.45) is 1.36. The fourth-order valence-electron chi connectivity index (χ4n) is 1.03. The first-order valence-electron chi connectivity index (χ1n) is 3.34. The van der Waals surface area contributed by atoms with Gasteiger partial charge in [-0.3, -0.25) is 0 Å². The van der Waals surface area contributed by atoms with Crippen LogP contribution in [0.15, 0.2) is 0 Å². The van der Waals surface area contributed by atoms with Crippen molar-refractivity contribution in [3.8, 4) is 0 Å². The summed E-state index contributed by atoms with van der Waals surface area (Å²) in [5.74, 6) is 0. The first kappa shape index (κ1) is 6.09. The molecule has 1 aliphatic rings. The Kier molecular flexibility index (Phi) is 1.31. The van der Waals surface area contributed by atoms with Gasteiger partial charge >= 0.3 is 0 Å². The van der Waals surface area contributed by atoms with Crippen molar-refractivity contribution in [2.45, 2.75) is 33.2 Å². The molecule has 0 spiro atoms. The van der Waals surface area contributed by atoms with Crippen molar-refractivity contribution >= 4 is 0 Å². The van der Waals surface area contributed by atoms with Gasteiger partial charge in [0.15, 0.2) is 0 Å². The molecule has 1 unspecified atom stereocenters. The standard InChI is InChI=1S/C7H15N/c1-7(2,3)6-4-5-8-6/h6,8H,4-5H2,1-3H3. The maximum atomic E-state index is 3.39. The third-order valence-electron chi connectivity index (χ3n) is 1.87. The molecular weight excluding hydrogens is 98.1 g/mol. The summed E-state index contributed by atoms with van der Waals surface area (Å²) in [6, 6.07) is 0.780. The van der Waals surface area contributed by atoms with Crippen LogP contribution in [-0.2, 0) is 0 Å². The summed E-state index contributed by atoms with van der Waals surface area (Å²) < 4.78 is 0. The molecule has 1 aliphatic heterocycles. The van der Waals surface area contributed by atoms with E-state index < -0.39 is 0 Å². The van der Waals surface area contributed by atoms with Gasteiger partial charge in [0.1, 0.15) is 0 Å². The van der Waals surface area contributed by atoms with Gasteiger partial charge in [-0.2, -0.15) is 0 Å². The molecule has 0 amide bonds. The highest BCUT2D eigenvalue weighted by molar-refractivity contribution is 4.87. The minimum atomic E-state index is 0.484. The summed E-state index contributed by atoms with van der Waals surface area (Å²) in [5, 5.41) is 3.39. The van der Waals surface area contributed by atoms with E-state index in [1.807, 2.05) is 0 Å². The topological polar surface area (TPSA) is 12.0 Å². The van der Waals surface area contributed by atoms with Crippen LogP contribution in [0.5, 0.6) is 0 Å². The number of hydrogen-bond donors (Lipinski definition) is 1. The van der Waals surface area contributed by atoms with Crippen LogP contribution < -0.4 is 5.32 Å². The van der Waals surface area contributed by atoms with Gasteiger partial charge in [-0.05, 0) is 18.4 Å². The Morgan fingerprint density at radius 1 is 1.38 bits per heavy atom. The predicted molar refractivity (Wildman–Crippen MR) is 35.9 cm³/mol. The van der Waals surface area contributed by atoms with Gasteiger partial charge in [0.05, 0.1) is 0 Å². The molecule has 0 saturated carbocycles. The van der Waals surface area contributed by atoms with Crippen LogP contribution in [0, 0.1) is 5.41 Å². The Hall–Kier alpha value is -0.0400. The van der Waals surface area contributed by atoms with E-state index in [9.17, 15) is 0 Å². The van der Waals surface area contributed by atoms with Gasteiger partial charge in [0.25, 0.3) is 0 Å². The van der Waals surface area contributed by atoms with Crippen LogP contribution in [0.2, 0.25) is 0 Å². The van der Waals surface area contributed by atoms with Crippen molar-refractivity contribution in [1.29, 1.82) is 0 Å². The number of rotatable bonds is 0. The zero-order valence-electron chi connectivity index (χ0n) is 5.99. The van der Waals surface area contributed by atoms with Crippen molar-refractivity contribution in [1.82, 2.24) is 5.32 Å². The number of nitrogens with one attached hydrogen (secondary N) is 1. The summed E-state index contributed by atoms with van der Waals surface area (Å²) in [7, 11) is 0. The first-order valence-corrected chi connectivity index (χ1v) is 3.34. The van der Waals surface area contributed by atoms with E-state index in [2.05, 4.69) is 26.1 Å².